The van der Waals surface area contributed by atoms with E-state index in [1.54, 1.807) is 0 Å². The van der Waals surface area contributed by atoms with Crippen molar-refractivity contribution in [2.75, 3.05) is 26.7 Å². The van der Waals surface area contributed by atoms with E-state index in [0.29, 0.717) is 6.10 Å². The second kappa shape index (κ2) is 4.60. The molecule has 3 nitrogen and oxygen atoms in total. The Kier molecular flexibility index (Phi) is 3.42. The minimum Gasteiger partial charge on any atom is -0.381 e. The molecule has 1 saturated carbocycles. The maximum Gasteiger partial charge on any atom is 0.0601 e. The molecule has 0 spiro atoms. The van der Waals surface area contributed by atoms with Crippen molar-refractivity contribution in [2.45, 2.75) is 44.4 Å². The number of ether oxygens (including phenoxy) is 1. The second-order valence-electron chi connectivity index (χ2n) is 4.52. The van der Waals surface area contributed by atoms with Gasteiger partial charge in [0.05, 0.1) is 6.10 Å². The zero-order chi connectivity index (χ0) is 9.97. The van der Waals surface area contributed by atoms with Crippen LogP contribution in [0.5, 0.6) is 0 Å². The molecule has 1 saturated heterocycles. The molecule has 0 aromatic heterocycles. The van der Waals surface area contributed by atoms with Crippen molar-refractivity contribution in [3.63, 3.8) is 0 Å². The number of likely N-dealkylation sites (N-methyl/N-ethyl adjacent to an activating group) is 1. The van der Waals surface area contributed by atoms with Gasteiger partial charge in [0, 0.05) is 32.3 Å². The SMILES string of the molecule is CCNC1CCN(C2CC(OC)C2)C1. The van der Waals surface area contributed by atoms with Crippen LogP contribution in [0, 0.1) is 0 Å². The predicted octanol–water partition coefficient (Wildman–Crippen LogP) is 0.848. The summed E-state index contributed by atoms with van der Waals surface area (Å²) in [5.74, 6) is 0. The van der Waals surface area contributed by atoms with Gasteiger partial charge in [-0.25, -0.2) is 0 Å². The van der Waals surface area contributed by atoms with Gasteiger partial charge in [0.2, 0.25) is 0 Å². The van der Waals surface area contributed by atoms with E-state index in [-0.39, 0.29) is 0 Å². The van der Waals surface area contributed by atoms with Gasteiger partial charge in [0.25, 0.3) is 0 Å². The lowest BCUT2D eigenvalue weighted by Crippen LogP contribution is -2.47. The second-order valence-corrected chi connectivity index (χ2v) is 4.52. The first-order valence-corrected chi connectivity index (χ1v) is 5.83. The number of nitrogens with zero attached hydrogens (tertiary/aromatic N) is 1. The number of rotatable bonds is 4. The molecule has 0 radical (unpaired) electrons. The maximum absolute atomic E-state index is 5.31. The fourth-order valence-electron chi connectivity index (χ4n) is 2.60. The third-order valence-electron chi connectivity index (χ3n) is 3.63. The minimum atomic E-state index is 0.540. The highest BCUT2D eigenvalue weighted by molar-refractivity contribution is 4.93. The molecule has 1 N–H and O–H groups in total. The molecule has 1 aliphatic carbocycles. The van der Waals surface area contributed by atoms with Crippen molar-refractivity contribution in [1.29, 1.82) is 0 Å². The van der Waals surface area contributed by atoms with E-state index < -0.39 is 0 Å². The first-order chi connectivity index (χ1) is 6.83. The van der Waals surface area contributed by atoms with E-state index in [9.17, 15) is 0 Å². The summed E-state index contributed by atoms with van der Waals surface area (Å²) in [5.41, 5.74) is 0. The van der Waals surface area contributed by atoms with E-state index in [4.69, 9.17) is 4.74 Å². The van der Waals surface area contributed by atoms with Crippen LogP contribution in [0.1, 0.15) is 26.2 Å². The summed E-state index contributed by atoms with van der Waals surface area (Å²) in [6, 6.07) is 1.55. The molecule has 3 heteroatoms. The van der Waals surface area contributed by atoms with Crippen molar-refractivity contribution in [3.05, 3.63) is 0 Å². The number of methoxy groups -OCH3 is 1. The van der Waals surface area contributed by atoms with Gasteiger partial charge >= 0.3 is 0 Å². The zero-order valence-electron chi connectivity index (χ0n) is 9.33. The molecule has 1 heterocycles. The van der Waals surface area contributed by atoms with Gasteiger partial charge in [0.1, 0.15) is 0 Å². The van der Waals surface area contributed by atoms with Gasteiger partial charge < -0.3 is 10.1 Å². The van der Waals surface area contributed by atoms with Crippen LogP contribution in [0.3, 0.4) is 0 Å². The minimum absolute atomic E-state index is 0.540. The summed E-state index contributed by atoms with van der Waals surface area (Å²) >= 11 is 0. The lowest BCUT2D eigenvalue weighted by atomic mass is 9.88. The third kappa shape index (κ3) is 2.10. The fourth-order valence-corrected chi connectivity index (χ4v) is 2.60. The number of likely N-dealkylation sites (tertiary alicyclic amines) is 1. The normalized spacial score (nSPS) is 38.6. The van der Waals surface area contributed by atoms with Gasteiger partial charge in [-0.3, -0.25) is 4.90 Å². The molecule has 0 amide bonds. The smallest absolute Gasteiger partial charge is 0.0601 e. The molecule has 2 aliphatic rings. The van der Waals surface area contributed by atoms with Crippen molar-refractivity contribution in [3.8, 4) is 0 Å². The molecular formula is C11H22N2O. The molecule has 1 atom stereocenters. The fraction of sp³-hybridized carbons (Fsp3) is 1.00. The topological polar surface area (TPSA) is 24.5 Å². The molecule has 2 rings (SSSR count). The molecule has 14 heavy (non-hydrogen) atoms. The number of hydrogen-bond donors (Lipinski definition) is 1. The van der Waals surface area contributed by atoms with Crippen LogP contribution in [-0.4, -0.2) is 49.8 Å². The van der Waals surface area contributed by atoms with Crippen LogP contribution in [0.2, 0.25) is 0 Å². The average Bonchev–Trinajstić information content (AvgIpc) is 2.52. The van der Waals surface area contributed by atoms with Gasteiger partial charge in [0.15, 0.2) is 0 Å². The zero-order valence-corrected chi connectivity index (χ0v) is 9.33. The average molecular weight is 198 g/mol. The highest BCUT2D eigenvalue weighted by atomic mass is 16.5. The summed E-state index contributed by atoms with van der Waals surface area (Å²) in [6.45, 7) is 5.81. The van der Waals surface area contributed by atoms with Gasteiger partial charge in [-0.15, -0.1) is 0 Å². The van der Waals surface area contributed by atoms with Gasteiger partial charge in [-0.1, -0.05) is 6.92 Å². The molecule has 82 valence electrons. The first-order valence-electron chi connectivity index (χ1n) is 5.83. The van der Waals surface area contributed by atoms with Crippen LogP contribution < -0.4 is 5.32 Å². The monoisotopic (exact) mass is 198 g/mol. The highest BCUT2D eigenvalue weighted by Crippen LogP contribution is 2.30. The quantitative estimate of drug-likeness (QED) is 0.725. The lowest BCUT2D eigenvalue weighted by molar-refractivity contribution is -0.0206. The van der Waals surface area contributed by atoms with Crippen molar-refractivity contribution in [2.24, 2.45) is 0 Å². The van der Waals surface area contributed by atoms with E-state index in [1.165, 1.54) is 32.4 Å². The Balaban J connectivity index is 1.69. The Bertz CT molecular complexity index is 180. The summed E-state index contributed by atoms with van der Waals surface area (Å²) in [7, 11) is 1.83. The summed E-state index contributed by atoms with van der Waals surface area (Å²) in [6.07, 6.45) is 4.35. The van der Waals surface area contributed by atoms with Crippen LogP contribution in [0.4, 0.5) is 0 Å². The van der Waals surface area contributed by atoms with Crippen LogP contribution >= 0.6 is 0 Å². The maximum atomic E-state index is 5.31. The Morgan fingerprint density at radius 3 is 2.86 bits per heavy atom. The predicted molar refractivity (Wildman–Crippen MR) is 57.5 cm³/mol. The van der Waals surface area contributed by atoms with Gasteiger partial charge in [-0.2, -0.15) is 0 Å². The number of nitrogens with one attached hydrogen (secondary N) is 1. The Labute approximate surface area is 86.8 Å². The summed E-state index contributed by atoms with van der Waals surface area (Å²) < 4.78 is 5.31. The van der Waals surface area contributed by atoms with Crippen LogP contribution in [0.15, 0.2) is 0 Å². The first kappa shape index (κ1) is 10.4. The van der Waals surface area contributed by atoms with Crippen molar-refractivity contribution >= 4 is 0 Å². The summed E-state index contributed by atoms with van der Waals surface area (Å²) in [5, 5.41) is 3.53. The van der Waals surface area contributed by atoms with E-state index in [0.717, 1.165) is 18.6 Å². The largest absolute Gasteiger partial charge is 0.381 e. The van der Waals surface area contributed by atoms with Crippen LogP contribution in [-0.2, 0) is 4.74 Å². The molecule has 0 bridgehead atoms. The third-order valence-corrected chi connectivity index (χ3v) is 3.63. The Hall–Kier alpha value is -0.120. The Morgan fingerprint density at radius 2 is 2.21 bits per heavy atom. The highest BCUT2D eigenvalue weighted by Gasteiger charge is 2.36. The van der Waals surface area contributed by atoms with Gasteiger partial charge in [-0.05, 0) is 25.8 Å². The van der Waals surface area contributed by atoms with Crippen LogP contribution in [0.25, 0.3) is 0 Å². The van der Waals surface area contributed by atoms with E-state index >= 15 is 0 Å². The molecule has 0 aromatic rings. The Morgan fingerprint density at radius 1 is 1.43 bits per heavy atom. The standard InChI is InChI=1S/C11H22N2O/c1-3-12-9-4-5-13(8-9)10-6-11(7-10)14-2/h9-12H,3-8H2,1-2H3. The van der Waals surface area contributed by atoms with E-state index in [2.05, 4.69) is 17.1 Å². The lowest BCUT2D eigenvalue weighted by Gasteiger charge is -2.40. The molecule has 1 aliphatic heterocycles. The molecular weight excluding hydrogens is 176 g/mol. The number of hydrogen-bond acceptors (Lipinski definition) is 3. The van der Waals surface area contributed by atoms with Crippen molar-refractivity contribution < 1.29 is 4.74 Å². The molecule has 1 unspecified atom stereocenters. The van der Waals surface area contributed by atoms with Crippen molar-refractivity contribution in [1.82, 2.24) is 10.2 Å². The molecule has 0 aromatic carbocycles. The molecule has 2 fully saturated rings. The van der Waals surface area contributed by atoms with E-state index in [1.807, 2.05) is 7.11 Å². The summed E-state index contributed by atoms with van der Waals surface area (Å²) in [4.78, 5) is 2.63.